The van der Waals surface area contributed by atoms with Gasteiger partial charge in [-0.3, -0.25) is 9.59 Å². The monoisotopic (exact) mass is 333 g/mol. The van der Waals surface area contributed by atoms with E-state index in [0.717, 1.165) is 12.8 Å². The highest BCUT2D eigenvalue weighted by molar-refractivity contribution is 6.71. The molecule has 8 heteroatoms. The Bertz CT molecular complexity index is 380. The average Bonchev–Trinajstić information content (AvgIpc) is 2.41. The molecule has 0 fully saturated rings. The number of esters is 1. The summed E-state index contributed by atoms with van der Waals surface area (Å²) in [6.45, 7) is 7.85. The molecule has 22 heavy (non-hydrogen) atoms. The van der Waals surface area contributed by atoms with Crippen LogP contribution in [0, 0.1) is 0 Å². The zero-order chi connectivity index (χ0) is 17.2. The smallest absolute Gasteiger partial charge is 0.407 e. The summed E-state index contributed by atoms with van der Waals surface area (Å²) in [6.07, 6.45) is 1.09. The second-order valence-corrected chi connectivity index (χ2v) is 10.3. The van der Waals surface area contributed by atoms with E-state index < -0.39 is 32.4 Å². The number of carbonyl (C=O) groups excluding carboxylic acids is 3. The highest BCUT2D eigenvalue weighted by atomic mass is 28.4. The van der Waals surface area contributed by atoms with Crippen molar-refractivity contribution in [2.24, 2.45) is 0 Å². The summed E-state index contributed by atoms with van der Waals surface area (Å²) in [5.74, 6) is -0.998. The normalized spacial score (nSPS) is 12.2. The van der Waals surface area contributed by atoms with E-state index in [1.165, 1.54) is 7.11 Å². The van der Waals surface area contributed by atoms with Crippen molar-refractivity contribution in [3.63, 3.8) is 0 Å². The Morgan fingerprint density at radius 3 is 2.32 bits per heavy atom. The Kier molecular flexibility index (Phi) is 9.47. The fourth-order valence-corrected chi connectivity index (χ4v) is 2.23. The third-order valence-corrected chi connectivity index (χ3v) is 3.39. The van der Waals surface area contributed by atoms with Crippen molar-refractivity contribution in [3.05, 3.63) is 0 Å². The van der Waals surface area contributed by atoms with Gasteiger partial charge in [0.2, 0.25) is 8.32 Å². The van der Waals surface area contributed by atoms with Crippen molar-refractivity contribution in [1.29, 1.82) is 0 Å². The summed E-state index contributed by atoms with van der Waals surface area (Å²) in [4.78, 5) is 35.0. The van der Waals surface area contributed by atoms with Crippen molar-refractivity contribution in [1.82, 2.24) is 5.32 Å². The fourth-order valence-electron chi connectivity index (χ4n) is 1.48. The maximum absolute atomic E-state index is 12.1. The molecule has 0 aromatic carbocycles. The molecule has 1 N–H and O–H groups in total. The minimum Gasteiger partial charge on any atom is -0.518 e. The number of hydrogen-bond donors (Lipinski definition) is 1. The number of carbonyl (C=O) groups is 3. The molecule has 0 radical (unpaired) electrons. The summed E-state index contributed by atoms with van der Waals surface area (Å²) in [7, 11) is -0.820. The maximum atomic E-state index is 12.1. The van der Waals surface area contributed by atoms with Crippen molar-refractivity contribution >= 4 is 26.3 Å². The lowest BCUT2D eigenvalue weighted by molar-refractivity contribution is -0.141. The molecule has 0 bridgehead atoms. The minimum absolute atomic E-state index is 0.0111. The zero-order valence-corrected chi connectivity index (χ0v) is 15.1. The zero-order valence-electron chi connectivity index (χ0n) is 14.1. The first-order valence-electron chi connectivity index (χ1n) is 7.42. The Labute approximate surface area is 132 Å². The van der Waals surface area contributed by atoms with Crippen LogP contribution in [0.3, 0.4) is 0 Å². The molecule has 0 aromatic heterocycles. The highest BCUT2D eigenvalue weighted by Gasteiger charge is 2.28. The van der Waals surface area contributed by atoms with Crippen molar-refractivity contribution in [3.8, 4) is 0 Å². The second-order valence-electron chi connectivity index (χ2n) is 5.83. The van der Waals surface area contributed by atoms with Crippen LogP contribution in [0.15, 0.2) is 0 Å². The van der Waals surface area contributed by atoms with Crippen LogP contribution in [0.25, 0.3) is 0 Å². The second kappa shape index (κ2) is 10.2. The van der Waals surface area contributed by atoms with Gasteiger partial charge in [0, 0.05) is 6.42 Å². The number of methoxy groups -OCH3 is 1. The van der Waals surface area contributed by atoms with E-state index in [-0.39, 0.29) is 19.4 Å². The maximum Gasteiger partial charge on any atom is 0.407 e. The van der Waals surface area contributed by atoms with Crippen LogP contribution in [0.2, 0.25) is 19.6 Å². The molecule has 128 valence electrons. The molecule has 0 aliphatic rings. The van der Waals surface area contributed by atoms with Gasteiger partial charge in [-0.25, -0.2) is 4.79 Å². The average molecular weight is 333 g/mol. The molecule has 0 saturated carbocycles. The SMILES string of the molecule is CCCCOC(=O)N[C@@H](CCC(=O)OC)C(=O)O[Si](C)(C)C. The lowest BCUT2D eigenvalue weighted by Gasteiger charge is -2.23. The lowest BCUT2D eigenvalue weighted by Crippen LogP contribution is -2.45. The van der Waals surface area contributed by atoms with Crippen molar-refractivity contribution in [2.75, 3.05) is 13.7 Å². The largest absolute Gasteiger partial charge is 0.518 e. The Morgan fingerprint density at radius 1 is 1.18 bits per heavy atom. The molecule has 0 spiro atoms. The molecule has 0 rings (SSSR count). The van der Waals surface area contributed by atoms with E-state index in [1.54, 1.807) is 0 Å². The first-order valence-corrected chi connectivity index (χ1v) is 10.8. The molecule has 0 aromatic rings. The summed E-state index contributed by atoms with van der Waals surface area (Å²) in [6, 6.07) is -0.917. The molecule has 1 atom stereocenters. The standard InChI is InChI=1S/C14H27NO6Si/c1-6-7-10-20-14(18)15-11(8-9-12(16)19-2)13(17)21-22(3,4)5/h11H,6-10H2,1-5H3,(H,15,18)/t11-/m0/s1. The predicted molar refractivity (Wildman–Crippen MR) is 83.9 cm³/mol. The van der Waals surface area contributed by atoms with E-state index >= 15 is 0 Å². The van der Waals surface area contributed by atoms with Crippen LogP contribution < -0.4 is 5.32 Å². The van der Waals surface area contributed by atoms with E-state index in [9.17, 15) is 14.4 Å². The molecule has 0 saturated heterocycles. The van der Waals surface area contributed by atoms with Gasteiger partial charge in [0.1, 0.15) is 6.04 Å². The summed E-state index contributed by atoms with van der Waals surface area (Å²) >= 11 is 0. The topological polar surface area (TPSA) is 90.9 Å². The number of alkyl carbamates (subject to hydrolysis) is 1. The third kappa shape index (κ3) is 10.2. The van der Waals surface area contributed by atoms with Crippen LogP contribution in [-0.4, -0.2) is 46.1 Å². The first kappa shape index (κ1) is 20.4. The minimum atomic E-state index is -2.09. The van der Waals surface area contributed by atoms with Gasteiger partial charge in [-0.15, -0.1) is 0 Å². The molecular weight excluding hydrogens is 306 g/mol. The van der Waals surface area contributed by atoms with E-state index in [1.807, 2.05) is 26.6 Å². The van der Waals surface area contributed by atoms with Gasteiger partial charge < -0.3 is 19.2 Å². The van der Waals surface area contributed by atoms with Crippen molar-refractivity contribution in [2.45, 2.75) is 58.3 Å². The number of rotatable bonds is 9. The number of unbranched alkanes of at least 4 members (excludes halogenated alkanes) is 1. The summed E-state index contributed by atoms with van der Waals surface area (Å²) in [5, 5.41) is 2.46. The Balaban J connectivity index is 4.60. The molecule has 0 aliphatic heterocycles. The number of nitrogens with one attached hydrogen (secondary N) is 1. The van der Waals surface area contributed by atoms with Crippen LogP contribution in [-0.2, 0) is 23.5 Å². The van der Waals surface area contributed by atoms with E-state index in [0.29, 0.717) is 0 Å². The van der Waals surface area contributed by atoms with Gasteiger partial charge in [-0.1, -0.05) is 13.3 Å². The molecule has 0 heterocycles. The number of amides is 1. The Hall–Kier alpha value is -1.57. The van der Waals surface area contributed by atoms with Gasteiger partial charge >= 0.3 is 18.0 Å². The molecular formula is C14H27NO6Si. The lowest BCUT2D eigenvalue weighted by atomic mass is 10.1. The Morgan fingerprint density at radius 2 is 1.82 bits per heavy atom. The molecule has 1 amide bonds. The van der Waals surface area contributed by atoms with Crippen LogP contribution >= 0.6 is 0 Å². The highest BCUT2D eigenvalue weighted by Crippen LogP contribution is 2.09. The van der Waals surface area contributed by atoms with E-state index in [4.69, 9.17) is 9.16 Å². The van der Waals surface area contributed by atoms with Gasteiger partial charge in [0.25, 0.3) is 0 Å². The fraction of sp³-hybridized carbons (Fsp3) is 0.786. The quantitative estimate of drug-likeness (QED) is 0.395. The summed E-state index contributed by atoms with van der Waals surface area (Å²) in [5.41, 5.74) is 0. The van der Waals surface area contributed by atoms with Gasteiger partial charge in [0.15, 0.2) is 0 Å². The van der Waals surface area contributed by atoms with Gasteiger partial charge in [0.05, 0.1) is 13.7 Å². The van der Waals surface area contributed by atoms with Crippen LogP contribution in [0.1, 0.15) is 32.6 Å². The first-order chi connectivity index (χ1) is 10.2. The van der Waals surface area contributed by atoms with E-state index in [2.05, 4.69) is 10.1 Å². The summed E-state index contributed by atoms with van der Waals surface area (Å²) < 4.78 is 14.9. The van der Waals surface area contributed by atoms with Crippen molar-refractivity contribution < 1.29 is 28.3 Å². The van der Waals surface area contributed by atoms with Crippen LogP contribution in [0.4, 0.5) is 4.79 Å². The third-order valence-electron chi connectivity index (χ3n) is 2.58. The van der Waals surface area contributed by atoms with Gasteiger partial charge in [-0.2, -0.15) is 0 Å². The predicted octanol–water partition coefficient (Wildman–Crippen LogP) is 2.21. The number of ether oxygens (including phenoxy) is 2. The van der Waals surface area contributed by atoms with Gasteiger partial charge in [-0.05, 0) is 32.5 Å². The molecule has 0 unspecified atom stereocenters. The van der Waals surface area contributed by atoms with Crippen LogP contribution in [0.5, 0.6) is 0 Å². The molecule has 0 aliphatic carbocycles. The number of hydrogen-bond acceptors (Lipinski definition) is 6. The molecule has 7 nitrogen and oxygen atoms in total.